The van der Waals surface area contributed by atoms with Crippen molar-refractivity contribution >= 4 is 5.91 Å². The third kappa shape index (κ3) is 3.84. The summed E-state index contributed by atoms with van der Waals surface area (Å²) in [6, 6.07) is 15.3. The number of hydrogen-bond acceptors (Lipinski definition) is 5. The lowest BCUT2D eigenvalue weighted by Gasteiger charge is -2.38. The Hall–Kier alpha value is -3.32. The van der Waals surface area contributed by atoms with Gasteiger partial charge in [0.15, 0.2) is 5.76 Å². The topological polar surface area (TPSA) is 77.9 Å². The average Bonchev–Trinajstić information content (AvgIpc) is 3.44. The maximum absolute atomic E-state index is 13.0. The number of carbonyl (C=O) groups is 1. The van der Waals surface area contributed by atoms with Gasteiger partial charge in [-0.25, -0.2) is 4.39 Å². The summed E-state index contributed by atoms with van der Waals surface area (Å²) in [6.45, 7) is 2.58. The molecule has 3 heterocycles. The van der Waals surface area contributed by atoms with Crippen molar-refractivity contribution in [2.75, 3.05) is 19.7 Å². The minimum absolute atomic E-state index is 0.0609. The highest BCUT2D eigenvalue weighted by Crippen LogP contribution is 2.46. The molecule has 2 N–H and O–H groups in total. The van der Waals surface area contributed by atoms with Crippen LogP contribution in [-0.2, 0) is 18.6 Å². The summed E-state index contributed by atoms with van der Waals surface area (Å²) in [7, 11) is 0. The van der Waals surface area contributed by atoms with E-state index in [1.165, 1.54) is 17.7 Å². The van der Waals surface area contributed by atoms with Crippen LogP contribution in [0.2, 0.25) is 0 Å². The van der Waals surface area contributed by atoms with Crippen LogP contribution in [0.4, 0.5) is 4.39 Å². The third-order valence-corrected chi connectivity index (χ3v) is 6.43. The van der Waals surface area contributed by atoms with Crippen molar-refractivity contribution in [3.05, 3.63) is 83.1 Å². The molecular weight excluding hydrogens is 411 g/mol. The van der Waals surface area contributed by atoms with Crippen LogP contribution in [0.15, 0.2) is 59.0 Å². The molecule has 0 bridgehead atoms. The quantitative estimate of drug-likeness (QED) is 0.654. The van der Waals surface area contributed by atoms with Gasteiger partial charge in [0.25, 0.3) is 5.91 Å². The number of likely N-dealkylation sites (tertiary alicyclic amines) is 1. The molecule has 1 spiro atoms. The lowest BCUT2D eigenvalue weighted by atomic mass is 9.74. The Morgan fingerprint density at radius 3 is 2.62 bits per heavy atom. The molecule has 1 aromatic heterocycles. The maximum Gasteiger partial charge on any atom is 0.289 e. The SMILES string of the molecule is NCc1ccc2c(c1)C1(CCN(C(=O)c3ccc(COc4ccc(F)cc4)o3)CC1)CO2. The van der Waals surface area contributed by atoms with Gasteiger partial charge in [-0.05, 0) is 60.9 Å². The number of furan rings is 1. The lowest BCUT2D eigenvalue weighted by Crippen LogP contribution is -2.46. The smallest absolute Gasteiger partial charge is 0.289 e. The van der Waals surface area contributed by atoms with Crippen molar-refractivity contribution in [2.45, 2.75) is 31.4 Å². The first-order valence-electron chi connectivity index (χ1n) is 10.8. The zero-order valence-corrected chi connectivity index (χ0v) is 17.7. The van der Waals surface area contributed by atoms with Crippen LogP contribution in [0, 0.1) is 5.82 Å². The van der Waals surface area contributed by atoms with Gasteiger partial charge in [0.2, 0.25) is 0 Å². The highest BCUT2D eigenvalue weighted by Gasteiger charge is 2.44. The van der Waals surface area contributed by atoms with Crippen LogP contribution >= 0.6 is 0 Å². The predicted molar refractivity (Wildman–Crippen MR) is 116 cm³/mol. The van der Waals surface area contributed by atoms with Crippen molar-refractivity contribution in [1.82, 2.24) is 4.90 Å². The van der Waals surface area contributed by atoms with Crippen molar-refractivity contribution in [3.63, 3.8) is 0 Å². The molecule has 2 aliphatic heterocycles. The summed E-state index contributed by atoms with van der Waals surface area (Å²) < 4.78 is 30.3. The van der Waals surface area contributed by atoms with Crippen molar-refractivity contribution in [3.8, 4) is 11.5 Å². The van der Waals surface area contributed by atoms with E-state index in [2.05, 4.69) is 6.07 Å². The number of carbonyl (C=O) groups excluding carboxylic acids is 1. The van der Waals surface area contributed by atoms with Gasteiger partial charge in [0, 0.05) is 30.6 Å². The number of nitrogens with two attached hydrogens (primary N) is 1. The van der Waals surface area contributed by atoms with Crippen molar-refractivity contribution in [2.24, 2.45) is 5.73 Å². The van der Waals surface area contributed by atoms with E-state index >= 15 is 0 Å². The summed E-state index contributed by atoms with van der Waals surface area (Å²) >= 11 is 0. The predicted octanol–water partition coefficient (Wildman–Crippen LogP) is 4.02. The average molecular weight is 436 g/mol. The molecule has 166 valence electrons. The lowest BCUT2D eigenvalue weighted by molar-refractivity contribution is 0.0612. The minimum atomic E-state index is -0.320. The second-order valence-electron chi connectivity index (χ2n) is 8.40. The second kappa shape index (κ2) is 8.31. The number of amides is 1. The van der Waals surface area contributed by atoms with Gasteiger partial charge in [-0.3, -0.25) is 4.79 Å². The Labute approximate surface area is 185 Å². The van der Waals surface area contributed by atoms with Gasteiger partial charge in [-0.15, -0.1) is 0 Å². The number of piperidine rings is 1. The van der Waals surface area contributed by atoms with Crippen LogP contribution in [0.3, 0.4) is 0 Å². The van der Waals surface area contributed by atoms with Gasteiger partial charge in [-0.2, -0.15) is 0 Å². The van der Waals surface area contributed by atoms with Crippen LogP contribution in [0.5, 0.6) is 11.5 Å². The molecule has 2 aliphatic rings. The molecule has 0 atom stereocenters. The molecule has 1 amide bonds. The molecule has 0 aliphatic carbocycles. The molecule has 0 unspecified atom stereocenters. The summed E-state index contributed by atoms with van der Waals surface area (Å²) in [5.41, 5.74) is 8.07. The Bertz CT molecular complexity index is 1120. The van der Waals surface area contributed by atoms with E-state index in [4.69, 9.17) is 19.6 Å². The second-order valence-corrected chi connectivity index (χ2v) is 8.40. The Morgan fingerprint density at radius 2 is 1.88 bits per heavy atom. The fourth-order valence-electron chi connectivity index (χ4n) is 4.50. The molecule has 0 radical (unpaired) electrons. The Morgan fingerprint density at radius 1 is 1.09 bits per heavy atom. The molecule has 32 heavy (non-hydrogen) atoms. The largest absolute Gasteiger partial charge is 0.492 e. The zero-order valence-electron chi connectivity index (χ0n) is 17.7. The summed E-state index contributed by atoms with van der Waals surface area (Å²) in [5.74, 6) is 1.86. The number of hydrogen-bond donors (Lipinski definition) is 1. The van der Waals surface area contributed by atoms with E-state index in [-0.39, 0.29) is 23.7 Å². The summed E-state index contributed by atoms with van der Waals surface area (Å²) in [6.07, 6.45) is 1.67. The molecule has 1 saturated heterocycles. The molecular formula is C25H25FN2O4. The van der Waals surface area contributed by atoms with E-state index in [1.807, 2.05) is 17.0 Å². The van der Waals surface area contributed by atoms with E-state index in [0.29, 0.717) is 43.5 Å². The molecule has 3 aromatic rings. The van der Waals surface area contributed by atoms with E-state index in [0.717, 1.165) is 24.2 Å². The fraction of sp³-hybridized carbons (Fsp3) is 0.320. The van der Waals surface area contributed by atoms with E-state index < -0.39 is 0 Å². The van der Waals surface area contributed by atoms with Crippen LogP contribution in [0.1, 0.15) is 40.3 Å². The number of nitrogens with zero attached hydrogens (tertiary/aromatic N) is 1. The molecule has 7 heteroatoms. The van der Waals surface area contributed by atoms with Gasteiger partial charge >= 0.3 is 0 Å². The van der Waals surface area contributed by atoms with Gasteiger partial charge in [-0.1, -0.05) is 12.1 Å². The van der Waals surface area contributed by atoms with Crippen LogP contribution in [-0.4, -0.2) is 30.5 Å². The normalized spacial score (nSPS) is 16.6. The highest BCUT2D eigenvalue weighted by atomic mass is 19.1. The number of rotatable bonds is 5. The van der Waals surface area contributed by atoms with Crippen molar-refractivity contribution in [1.29, 1.82) is 0 Å². The summed E-state index contributed by atoms with van der Waals surface area (Å²) in [4.78, 5) is 14.8. The minimum Gasteiger partial charge on any atom is -0.492 e. The first kappa shape index (κ1) is 20.6. The number of fused-ring (bicyclic) bond motifs is 2. The maximum atomic E-state index is 13.0. The number of ether oxygens (including phenoxy) is 2. The monoisotopic (exact) mass is 436 g/mol. The molecule has 1 fully saturated rings. The van der Waals surface area contributed by atoms with Crippen molar-refractivity contribution < 1.29 is 23.1 Å². The first-order valence-corrected chi connectivity index (χ1v) is 10.8. The zero-order chi connectivity index (χ0) is 22.1. The highest BCUT2D eigenvalue weighted by molar-refractivity contribution is 5.91. The van der Waals surface area contributed by atoms with Gasteiger partial charge in [0.05, 0.1) is 6.61 Å². The van der Waals surface area contributed by atoms with Crippen LogP contribution in [0.25, 0.3) is 0 Å². The first-order chi connectivity index (χ1) is 15.6. The van der Waals surface area contributed by atoms with Gasteiger partial charge < -0.3 is 24.5 Å². The Kier molecular flexibility index (Phi) is 5.35. The Balaban J connectivity index is 1.21. The third-order valence-electron chi connectivity index (χ3n) is 6.43. The standard InChI is InChI=1S/C25H25FN2O4/c26-18-2-4-19(5-3-18)30-15-20-6-8-23(32-20)24(29)28-11-9-25(10-12-28)16-31-22-7-1-17(14-27)13-21(22)25/h1-8,13H,9-12,14-16,27H2. The van der Waals surface area contributed by atoms with E-state index in [9.17, 15) is 9.18 Å². The molecule has 0 saturated carbocycles. The fourth-order valence-corrected chi connectivity index (χ4v) is 4.50. The van der Waals surface area contributed by atoms with Gasteiger partial charge in [0.1, 0.15) is 29.7 Å². The molecule has 5 rings (SSSR count). The van der Waals surface area contributed by atoms with Crippen LogP contribution < -0.4 is 15.2 Å². The molecule has 2 aromatic carbocycles. The van der Waals surface area contributed by atoms with E-state index in [1.54, 1.807) is 24.3 Å². The molecule has 6 nitrogen and oxygen atoms in total. The number of benzene rings is 2. The summed E-state index contributed by atoms with van der Waals surface area (Å²) in [5, 5.41) is 0. The number of halogens is 1.